The normalized spacial score (nSPS) is 22.2. The van der Waals surface area contributed by atoms with Crippen LogP contribution in [-0.4, -0.2) is 0 Å². The molecule has 0 aromatic carbocycles. The molecule has 1 nitrogen and oxygen atoms in total. The highest BCUT2D eigenvalue weighted by atomic mass is 14.4. The topological polar surface area (TPSA) is 23.8 Å². The van der Waals surface area contributed by atoms with Gasteiger partial charge in [0.2, 0.25) is 0 Å². The second-order valence-electron chi connectivity index (χ2n) is 3.32. The first-order valence-electron chi connectivity index (χ1n) is 3.64. The van der Waals surface area contributed by atoms with Gasteiger partial charge in [-0.25, -0.2) is 0 Å². The highest BCUT2D eigenvalue weighted by molar-refractivity contribution is 4.86. The van der Waals surface area contributed by atoms with Crippen LogP contribution in [-0.2, 0) is 0 Å². The highest BCUT2D eigenvalue weighted by Crippen LogP contribution is 2.43. The fourth-order valence-corrected chi connectivity index (χ4v) is 1.39. The van der Waals surface area contributed by atoms with Crippen molar-refractivity contribution in [1.29, 1.82) is 5.26 Å². The molecule has 1 aliphatic rings. The molecular formula is C8H13N. The quantitative estimate of drug-likeness (QED) is 0.553. The Morgan fingerprint density at radius 1 is 1.56 bits per heavy atom. The Kier molecular flexibility index (Phi) is 1.75. The molecule has 0 unspecified atom stereocenters. The van der Waals surface area contributed by atoms with Crippen LogP contribution in [0.4, 0.5) is 0 Å². The summed E-state index contributed by atoms with van der Waals surface area (Å²) in [6.07, 6.45) is 5.92. The van der Waals surface area contributed by atoms with E-state index in [-0.39, 0.29) is 0 Å². The van der Waals surface area contributed by atoms with E-state index in [1.54, 1.807) is 0 Å². The summed E-state index contributed by atoms with van der Waals surface area (Å²) in [5.41, 5.74) is 0.551. The van der Waals surface area contributed by atoms with Crippen LogP contribution in [0.1, 0.15) is 39.0 Å². The highest BCUT2D eigenvalue weighted by Gasteiger charge is 2.30. The largest absolute Gasteiger partial charge is 0.198 e. The molecule has 0 N–H and O–H groups in total. The van der Waals surface area contributed by atoms with E-state index in [4.69, 9.17) is 5.26 Å². The maximum absolute atomic E-state index is 8.30. The minimum absolute atomic E-state index is 0.551. The van der Waals surface area contributed by atoms with E-state index < -0.39 is 0 Å². The van der Waals surface area contributed by atoms with Gasteiger partial charge in [0.1, 0.15) is 0 Å². The molecule has 0 aromatic rings. The third-order valence-electron chi connectivity index (χ3n) is 2.40. The molecule has 0 amide bonds. The van der Waals surface area contributed by atoms with Crippen LogP contribution >= 0.6 is 0 Å². The molecule has 0 heterocycles. The van der Waals surface area contributed by atoms with Gasteiger partial charge in [-0.3, -0.25) is 0 Å². The Hall–Kier alpha value is -0.510. The first-order chi connectivity index (χ1) is 4.27. The molecular weight excluding hydrogens is 110 g/mol. The average molecular weight is 123 g/mol. The summed E-state index contributed by atoms with van der Waals surface area (Å²) in [5.74, 6) is 0. The predicted molar refractivity (Wildman–Crippen MR) is 36.8 cm³/mol. The van der Waals surface area contributed by atoms with Crippen LogP contribution in [0.3, 0.4) is 0 Å². The van der Waals surface area contributed by atoms with Crippen molar-refractivity contribution in [3.63, 3.8) is 0 Å². The zero-order chi connectivity index (χ0) is 6.74. The van der Waals surface area contributed by atoms with Gasteiger partial charge in [-0.15, -0.1) is 0 Å². The van der Waals surface area contributed by atoms with Crippen molar-refractivity contribution in [1.82, 2.24) is 0 Å². The SMILES string of the molecule is CC1(CCC#N)CCC1. The lowest BCUT2D eigenvalue weighted by molar-refractivity contribution is 0.149. The zero-order valence-corrected chi connectivity index (χ0v) is 5.98. The van der Waals surface area contributed by atoms with Gasteiger partial charge in [-0.1, -0.05) is 13.3 Å². The Balaban J connectivity index is 2.19. The van der Waals surface area contributed by atoms with Crippen molar-refractivity contribution in [2.45, 2.75) is 39.0 Å². The second kappa shape index (κ2) is 2.39. The van der Waals surface area contributed by atoms with Crippen LogP contribution < -0.4 is 0 Å². The summed E-state index contributed by atoms with van der Waals surface area (Å²) >= 11 is 0. The average Bonchev–Trinajstić information content (AvgIpc) is 1.79. The van der Waals surface area contributed by atoms with Gasteiger partial charge in [0.15, 0.2) is 0 Å². The number of nitriles is 1. The molecule has 0 aliphatic heterocycles. The molecule has 50 valence electrons. The first-order valence-corrected chi connectivity index (χ1v) is 3.64. The lowest BCUT2D eigenvalue weighted by Gasteiger charge is -2.37. The Morgan fingerprint density at radius 2 is 2.22 bits per heavy atom. The maximum atomic E-state index is 8.30. The Bertz CT molecular complexity index is 128. The van der Waals surface area contributed by atoms with E-state index in [0.29, 0.717) is 5.41 Å². The van der Waals surface area contributed by atoms with E-state index in [9.17, 15) is 0 Å². The fraction of sp³-hybridized carbons (Fsp3) is 0.875. The van der Waals surface area contributed by atoms with Gasteiger partial charge in [0.05, 0.1) is 6.07 Å². The zero-order valence-electron chi connectivity index (χ0n) is 5.98. The summed E-state index contributed by atoms with van der Waals surface area (Å²) in [7, 11) is 0. The minimum atomic E-state index is 0.551. The minimum Gasteiger partial charge on any atom is -0.198 e. The van der Waals surface area contributed by atoms with E-state index in [1.807, 2.05) is 0 Å². The van der Waals surface area contributed by atoms with Gasteiger partial charge in [-0.2, -0.15) is 5.26 Å². The summed E-state index contributed by atoms with van der Waals surface area (Å²) in [4.78, 5) is 0. The van der Waals surface area contributed by atoms with Crippen LogP contribution in [0, 0.1) is 16.7 Å². The number of rotatable bonds is 2. The van der Waals surface area contributed by atoms with Gasteiger partial charge in [0, 0.05) is 6.42 Å². The fourth-order valence-electron chi connectivity index (χ4n) is 1.39. The van der Waals surface area contributed by atoms with E-state index in [0.717, 1.165) is 12.8 Å². The number of hydrogen-bond donors (Lipinski definition) is 0. The monoisotopic (exact) mass is 123 g/mol. The summed E-state index contributed by atoms with van der Waals surface area (Å²) in [6.45, 7) is 2.29. The molecule has 1 fully saturated rings. The van der Waals surface area contributed by atoms with Crippen molar-refractivity contribution in [3.05, 3.63) is 0 Å². The molecule has 1 rings (SSSR count). The van der Waals surface area contributed by atoms with Crippen molar-refractivity contribution in [2.24, 2.45) is 5.41 Å². The Labute approximate surface area is 56.7 Å². The lowest BCUT2D eigenvalue weighted by Crippen LogP contribution is -2.24. The molecule has 1 heteroatoms. The molecule has 0 bridgehead atoms. The second-order valence-corrected chi connectivity index (χ2v) is 3.32. The number of nitrogens with zero attached hydrogens (tertiary/aromatic N) is 1. The third-order valence-corrected chi connectivity index (χ3v) is 2.40. The molecule has 0 aromatic heterocycles. The number of hydrogen-bond acceptors (Lipinski definition) is 1. The van der Waals surface area contributed by atoms with Crippen molar-refractivity contribution in [3.8, 4) is 6.07 Å². The molecule has 0 atom stereocenters. The smallest absolute Gasteiger partial charge is 0.0621 e. The first kappa shape index (κ1) is 6.61. The Morgan fingerprint density at radius 3 is 2.56 bits per heavy atom. The van der Waals surface area contributed by atoms with Gasteiger partial charge in [-0.05, 0) is 24.7 Å². The van der Waals surface area contributed by atoms with E-state index in [1.165, 1.54) is 19.3 Å². The molecule has 0 spiro atoms. The third kappa shape index (κ3) is 1.45. The van der Waals surface area contributed by atoms with Crippen molar-refractivity contribution in [2.75, 3.05) is 0 Å². The molecule has 1 aliphatic carbocycles. The predicted octanol–water partition coefficient (Wildman–Crippen LogP) is 2.48. The van der Waals surface area contributed by atoms with Gasteiger partial charge < -0.3 is 0 Å². The van der Waals surface area contributed by atoms with Gasteiger partial charge >= 0.3 is 0 Å². The van der Waals surface area contributed by atoms with Crippen LogP contribution in [0.2, 0.25) is 0 Å². The molecule has 0 saturated heterocycles. The van der Waals surface area contributed by atoms with Crippen molar-refractivity contribution >= 4 is 0 Å². The van der Waals surface area contributed by atoms with Gasteiger partial charge in [0.25, 0.3) is 0 Å². The van der Waals surface area contributed by atoms with E-state index >= 15 is 0 Å². The summed E-state index contributed by atoms with van der Waals surface area (Å²) in [6, 6.07) is 2.19. The standard InChI is InChI=1S/C8H13N/c1-8(4-2-5-8)6-3-7-9/h2-6H2,1H3. The van der Waals surface area contributed by atoms with E-state index in [2.05, 4.69) is 13.0 Å². The maximum Gasteiger partial charge on any atom is 0.0621 e. The van der Waals surface area contributed by atoms with Crippen LogP contribution in [0.5, 0.6) is 0 Å². The molecule has 9 heavy (non-hydrogen) atoms. The van der Waals surface area contributed by atoms with Crippen molar-refractivity contribution < 1.29 is 0 Å². The summed E-state index contributed by atoms with van der Waals surface area (Å²) in [5, 5.41) is 8.30. The summed E-state index contributed by atoms with van der Waals surface area (Å²) < 4.78 is 0. The van der Waals surface area contributed by atoms with Crippen LogP contribution in [0.15, 0.2) is 0 Å². The van der Waals surface area contributed by atoms with Crippen LogP contribution in [0.25, 0.3) is 0 Å². The lowest BCUT2D eigenvalue weighted by atomic mass is 9.68. The molecule has 1 saturated carbocycles. The molecule has 0 radical (unpaired) electrons.